The molecule has 4 heterocycles. The number of ether oxygens (including phenoxy) is 1. The largest absolute Gasteiger partial charge is 0.491 e. The lowest BCUT2D eigenvalue weighted by Gasteiger charge is -2.37. The normalized spacial score (nSPS) is 19.8. The van der Waals surface area contributed by atoms with Crippen molar-refractivity contribution in [3.63, 3.8) is 0 Å². The van der Waals surface area contributed by atoms with Gasteiger partial charge in [-0.3, -0.25) is 0 Å². The minimum atomic E-state index is -4.63. The third kappa shape index (κ3) is 5.45. The van der Waals surface area contributed by atoms with Crippen LogP contribution < -0.4 is 9.64 Å². The fourth-order valence-electron chi connectivity index (χ4n) is 3.99. The molecule has 3 aromatic rings. The van der Waals surface area contributed by atoms with Crippen LogP contribution in [0.5, 0.6) is 5.75 Å². The van der Waals surface area contributed by atoms with Gasteiger partial charge in [0, 0.05) is 25.2 Å². The minimum absolute atomic E-state index is 0.0148. The molecule has 0 saturated carbocycles. The highest BCUT2D eigenvalue weighted by atomic mass is 19.4. The van der Waals surface area contributed by atoms with E-state index in [1.165, 1.54) is 24.5 Å². The third-order valence-corrected chi connectivity index (χ3v) is 5.25. The smallest absolute Gasteiger partial charge is 0.437 e. The van der Waals surface area contributed by atoms with Gasteiger partial charge in [0.25, 0.3) is 0 Å². The number of halogens is 6. The molecule has 0 aromatic carbocycles. The summed E-state index contributed by atoms with van der Waals surface area (Å²) < 4.78 is 84.2. The molecular formula is C20H20F6N6O. The number of hydrogen-bond donors (Lipinski definition) is 0. The molecule has 1 aliphatic heterocycles. The van der Waals surface area contributed by atoms with Crippen LogP contribution in [-0.4, -0.2) is 50.6 Å². The number of alkyl halides is 6. The van der Waals surface area contributed by atoms with Crippen LogP contribution in [0.1, 0.15) is 19.0 Å². The van der Waals surface area contributed by atoms with Crippen LogP contribution in [0.15, 0.2) is 30.7 Å². The van der Waals surface area contributed by atoms with Crippen molar-refractivity contribution >= 4 is 17.0 Å². The van der Waals surface area contributed by atoms with Crippen molar-refractivity contribution in [3.8, 4) is 5.75 Å². The minimum Gasteiger partial charge on any atom is -0.491 e. The molecule has 13 heteroatoms. The number of nitrogens with zero attached hydrogens (tertiary/aromatic N) is 6. The van der Waals surface area contributed by atoms with Crippen molar-refractivity contribution in [1.82, 2.24) is 24.7 Å². The number of aromatic nitrogens is 5. The number of fused-ring (bicyclic) bond motifs is 1. The molecule has 1 saturated heterocycles. The average Bonchev–Trinajstić information content (AvgIpc) is 3.12. The van der Waals surface area contributed by atoms with Crippen LogP contribution in [-0.2, 0) is 12.7 Å². The lowest BCUT2D eigenvalue weighted by atomic mass is 9.91. The topological polar surface area (TPSA) is 69.0 Å². The van der Waals surface area contributed by atoms with E-state index in [1.54, 1.807) is 0 Å². The molecule has 1 fully saturated rings. The van der Waals surface area contributed by atoms with Crippen molar-refractivity contribution in [2.75, 3.05) is 24.6 Å². The second-order valence-corrected chi connectivity index (χ2v) is 8.13. The molecule has 0 N–H and O–H groups in total. The maximum Gasteiger partial charge on any atom is 0.437 e. The van der Waals surface area contributed by atoms with Crippen molar-refractivity contribution in [2.24, 2.45) is 11.8 Å². The highest BCUT2D eigenvalue weighted by molar-refractivity contribution is 5.71. The van der Waals surface area contributed by atoms with Crippen molar-refractivity contribution in [3.05, 3.63) is 36.4 Å². The van der Waals surface area contributed by atoms with E-state index in [4.69, 9.17) is 4.74 Å². The Morgan fingerprint density at radius 2 is 1.88 bits per heavy atom. The summed E-state index contributed by atoms with van der Waals surface area (Å²) in [6.07, 6.45) is -4.65. The molecule has 4 rings (SSSR count). The first-order valence-electron chi connectivity index (χ1n) is 10.1. The monoisotopic (exact) mass is 474 g/mol. The molecule has 178 valence electrons. The maximum absolute atomic E-state index is 13.2. The number of hydrogen-bond acceptors (Lipinski definition) is 6. The second-order valence-electron chi connectivity index (χ2n) is 8.13. The number of rotatable bonds is 5. The van der Waals surface area contributed by atoms with E-state index in [-0.39, 0.29) is 35.4 Å². The molecule has 0 spiro atoms. The number of anilines is 1. The first-order chi connectivity index (χ1) is 15.5. The van der Waals surface area contributed by atoms with Gasteiger partial charge in [0.2, 0.25) is 0 Å². The lowest BCUT2D eigenvalue weighted by molar-refractivity contribution is -0.143. The molecular weight excluding hydrogens is 454 g/mol. The van der Waals surface area contributed by atoms with Crippen LogP contribution in [0.4, 0.5) is 32.2 Å². The Labute approximate surface area is 184 Å². The molecule has 1 aliphatic rings. The highest BCUT2D eigenvalue weighted by Gasteiger charge is 2.37. The number of pyridine rings is 1. The van der Waals surface area contributed by atoms with Gasteiger partial charge in [0.15, 0.2) is 11.3 Å². The van der Waals surface area contributed by atoms with Gasteiger partial charge in [0.1, 0.15) is 23.6 Å². The highest BCUT2D eigenvalue weighted by Crippen LogP contribution is 2.35. The van der Waals surface area contributed by atoms with E-state index in [1.807, 2.05) is 11.8 Å². The third-order valence-electron chi connectivity index (χ3n) is 5.25. The molecule has 2 unspecified atom stereocenters. The zero-order chi connectivity index (χ0) is 23.8. The van der Waals surface area contributed by atoms with Gasteiger partial charge in [-0.25, -0.2) is 19.6 Å². The quantitative estimate of drug-likeness (QED) is 0.513. The van der Waals surface area contributed by atoms with E-state index in [9.17, 15) is 26.3 Å². The summed E-state index contributed by atoms with van der Waals surface area (Å²) in [6.45, 7) is 1.69. The van der Waals surface area contributed by atoms with Crippen LogP contribution in [0.25, 0.3) is 11.2 Å². The summed E-state index contributed by atoms with van der Waals surface area (Å²) >= 11 is 0. The maximum atomic E-state index is 13.2. The van der Waals surface area contributed by atoms with Gasteiger partial charge in [-0.2, -0.15) is 31.4 Å². The second kappa shape index (κ2) is 8.67. The number of piperidine rings is 1. The summed E-state index contributed by atoms with van der Waals surface area (Å²) in [6, 6.07) is 2.59. The molecule has 2 atom stereocenters. The average molecular weight is 474 g/mol. The van der Waals surface area contributed by atoms with Gasteiger partial charge in [-0.05, 0) is 24.5 Å². The Morgan fingerprint density at radius 1 is 1.09 bits per heavy atom. The first kappa shape index (κ1) is 23.1. The van der Waals surface area contributed by atoms with E-state index in [0.29, 0.717) is 25.3 Å². The summed E-state index contributed by atoms with van der Waals surface area (Å²) in [5.74, 6) is 0.0564. The van der Waals surface area contributed by atoms with Crippen LogP contribution in [0, 0.1) is 11.8 Å². The fraction of sp³-hybridized carbons (Fsp3) is 0.500. The van der Waals surface area contributed by atoms with E-state index < -0.39 is 24.6 Å². The van der Waals surface area contributed by atoms with Gasteiger partial charge < -0.3 is 9.64 Å². The Morgan fingerprint density at radius 3 is 2.61 bits per heavy atom. The summed E-state index contributed by atoms with van der Waals surface area (Å²) in [4.78, 5) is 13.7. The van der Waals surface area contributed by atoms with Crippen molar-refractivity contribution < 1.29 is 31.1 Å². The Kier molecular flexibility index (Phi) is 6.06. The Bertz CT molecular complexity index is 1110. The van der Waals surface area contributed by atoms with Crippen LogP contribution in [0.3, 0.4) is 0 Å². The van der Waals surface area contributed by atoms with Crippen LogP contribution in [0.2, 0.25) is 0 Å². The van der Waals surface area contributed by atoms with Gasteiger partial charge in [-0.15, -0.1) is 0 Å². The lowest BCUT2D eigenvalue weighted by Crippen LogP contribution is -2.42. The summed E-state index contributed by atoms with van der Waals surface area (Å²) in [5.41, 5.74) is -0.829. The zero-order valence-corrected chi connectivity index (χ0v) is 17.4. The van der Waals surface area contributed by atoms with E-state index >= 15 is 0 Å². The first-order valence-corrected chi connectivity index (χ1v) is 10.1. The summed E-state index contributed by atoms with van der Waals surface area (Å²) in [7, 11) is 0. The van der Waals surface area contributed by atoms with E-state index in [0.717, 1.165) is 10.9 Å². The molecule has 33 heavy (non-hydrogen) atoms. The van der Waals surface area contributed by atoms with Crippen molar-refractivity contribution in [1.29, 1.82) is 0 Å². The molecule has 3 aromatic heterocycles. The Balaban J connectivity index is 1.50. The van der Waals surface area contributed by atoms with Gasteiger partial charge in [0.05, 0.1) is 19.0 Å². The predicted octanol–water partition coefficient (Wildman–Crippen LogP) is 4.34. The SMILES string of the molecule is CC1CC(COc2cccnc2C(F)(F)F)CN(c2cnc3cnn(CC(F)(F)F)c3n2)C1. The predicted molar refractivity (Wildman–Crippen MR) is 106 cm³/mol. The van der Waals surface area contributed by atoms with Gasteiger partial charge in [-0.1, -0.05) is 6.92 Å². The van der Waals surface area contributed by atoms with Crippen molar-refractivity contribution in [2.45, 2.75) is 32.2 Å². The zero-order valence-electron chi connectivity index (χ0n) is 17.4. The molecule has 0 radical (unpaired) electrons. The molecule has 0 amide bonds. The Hall–Kier alpha value is -3.12. The summed E-state index contributed by atoms with van der Waals surface area (Å²) in [5, 5.41) is 3.72. The van der Waals surface area contributed by atoms with E-state index in [2.05, 4.69) is 20.1 Å². The fourth-order valence-corrected chi connectivity index (χ4v) is 3.99. The molecule has 0 aliphatic carbocycles. The van der Waals surface area contributed by atoms with Crippen LogP contribution >= 0.6 is 0 Å². The molecule has 0 bridgehead atoms. The standard InChI is InChI=1S/C20H20F6N6O/c1-12-5-13(10-33-15-3-2-4-27-17(15)20(24,25)26)9-31(8-12)16-7-28-14-6-29-32(18(14)30-16)11-19(21,22)23/h2-4,6-7,12-13H,5,8-11H2,1H3. The molecule has 7 nitrogen and oxygen atoms in total. The van der Waals surface area contributed by atoms with Gasteiger partial charge >= 0.3 is 12.4 Å².